The van der Waals surface area contributed by atoms with Crippen molar-refractivity contribution in [1.82, 2.24) is 0 Å². The molecule has 1 aromatic carbocycles. The minimum atomic E-state index is 0.438. The van der Waals surface area contributed by atoms with E-state index in [0.29, 0.717) is 5.92 Å². The zero-order valence-corrected chi connectivity index (χ0v) is 20.7. The van der Waals surface area contributed by atoms with Gasteiger partial charge in [-0.25, -0.2) is 0 Å². The van der Waals surface area contributed by atoms with Crippen molar-refractivity contribution < 1.29 is 0 Å². The molecule has 176 valence electrons. The molecule has 5 aliphatic rings. The van der Waals surface area contributed by atoms with Crippen LogP contribution in [-0.2, 0) is 6.42 Å². The Bertz CT molecular complexity index is 1050. The summed E-state index contributed by atoms with van der Waals surface area (Å²) in [5, 5.41) is 0. The van der Waals surface area contributed by atoms with Crippen LogP contribution in [0.25, 0.3) is 0 Å². The van der Waals surface area contributed by atoms with Gasteiger partial charge in [0.25, 0.3) is 0 Å². The number of allylic oxidation sites excluding steroid dienone is 12. The van der Waals surface area contributed by atoms with Crippen LogP contribution in [0.3, 0.4) is 0 Å². The molecule has 0 saturated heterocycles. The first kappa shape index (κ1) is 22.1. The fourth-order valence-corrected chi connectivity index (χ4v) is 7.37. The molecule has 0 spiro atoms. The van der Waals surface area contributed by atoms with Gasteiger partial charge in [-0.15, -0.1) is 0 Å². The van der Waals surface area contributed by atoms with Gasteiger partial charge in [-0.1, -0.05) is 105 Å². The Hall–Kier alpha value is -2.34. The molecule has 2 saturated carbocycles. The van der Waals surface area contributed by atoms with Gasteiger partial charge in [0.05, 0.1) is 0 Å². The van der Waals surface area contributed by atoms with E-state index in [9.17, 15) is 0 Å². The number of benzene rings is 1. The summed E-state index contributed by atoms with van der Waals surface area (Å²) in [6.07, 6.45) is 35.4. The fraction of sp³-hybridized carbons (Fsp3) is 0.471. The van der Waals surface area contributed by atoms with E-state index in [2.05, 4.69) is 72.9 Å². The Morgan fingerprint density at radius 1 is 0.706 bits per heavy atom. The lowest BCUT2D eigenvalue weighted by molar-refractivity contribution is 0.186. The van der Waals surface area contributed by atoms with E-state index in [-0.39, 0.29) is 0 Å². The van der Waals surface area contributed by atoms with E-state index >= 15 is 0 Å². The van der Waals surface area contributed by atoms with Crippen LogP contribution in [0.1, 0.15) is 87.7 Å². The van der Waals surface area contributed by atoms with Crippen molar-refractivity contribution >= 4 is 0 Å². The molecule has 1 atom stereocenters. The van der Waals surface area contributed by atoms with Gasteiger partial charge in [0.1, 0.15) is 0 Å². The highest BCUT2D eigenvalue weighted by molar-refractivity contribution is 5.60. The predicted molar refractivity (Wildman–Crippen MR) is 145 cm³/mol. The lowest BCUT2D eigenvalue weighted by atomic mass is 9.70. The van der Waals surface area contributed by atoms with Gasteiger partial charge in [0.2, 0.25) is 0 Å². The Kier molecular flexibility index (Phi) is 6.58. The summed E-state index contributed by atoms with van der Waals surface area (Å²) in [7, 11) is 0. The number of hydrogen-bond donors (Lipinski definition) is 0. The zero-order valence-electron chi connectivity index (χ0n) is 20.7. The van der Waals surface area contributed by atoms with Crippen LogP contribution in [-0.4, -0.2) is 0 Å². The molecular weight excluding hydrogens is 408 g/mol. The predicted octanol–water partition coefficient (Wildman–Crippen LogP) is 9.34. The quantitative estimate of drug-likeness (QED) is 0.421. The van der Waals surface area contributed by atoms with Crippen LogP contribution < -0.4 is 0 Å². The van der Waals surface area contributed by atoms with E-state index in [1.54, 1.807) is 5.56 Å². The molecule has 0 heterocycles. The second kappa shape index (κ2) is 10.1. The maximum atomic E-state index is 2.45. The number of hydrogen-bond acceptors (Lipinski definition) is 0. The van der Waals surface area contributed by atoms with Crippen molar-refractivity contribution in [2.45, 2.75) is 83.0 Å². The summed E-state index contributed by atoms with van der Waals surface area (Å²) in [6, 6.07) is 9.71. The van der Waals surface area contributed by atoms with Crippen LogP contribution in [0.15, 0.2) is 95.2 Å². The Morgan fingerprint density at radius 3 is 2.26 bits per heavy atom. The maximum absolute atomic E-state index is 2.45. The largest absolute Gasteiger partial charge is 0.0836 e. The van der Waals surface area contributed by atoms with Gasteiger partial charge >= 0.3 is 0 Å². The third-order valence-corrected chi connectivity index (χ3v) is 9.35. The monoisotopic (exact) mass is 448 g/mol. The molecule has 0 N–H and O–H groups in total. The molecule has 1 unspecified atom stereocenters. The Labute approximate surface area is 206 Å². The van der Waals surface area contributed by atoms with Gasteiger partial charge in [-0.3, -0.25) is 0 Å². The fourth-order valence-electron chi connectivity index (χ4n) is 7.37. The van der Waals surface area contributed by atoms with Gasteiger partial charge < -0.3 is 0 Å². The van der Waals surface area contributed by atoms with Crippen LogP contribution in [0.5, 0.6) is 0 Å². The molecule has 0 nitrogen and oxygen atoms in total. The first-order valence-corrected chi connectivity index (χ1v) is 14.1. The molecule has 0 amide bonds. The van der Waals surface area contributed by atoms with Crippen molar-refractivity contribution in [3.05, 3.63) is 106 Å². The van der Waals surface area contributed by atoms with Gasteiger partial charge in [-0.05, 0) is 96.1 Å². The molecule has 34 heavy (non-hydrogen) atoms. The van der Waals surface area contributed by atoms with Crippen LogP contribution in [0.2, 0.25) is 0 Å². The maximum Gasteiger partial charge on any atom is 0.0281 e. The highest BCUT2D eigenvalue weighted by Gasteiger charge is 2.29. The number of fused-ring (bicyclic) bond motifs is 1. The van der Waals surface area contributed by atoms with E-state index in [1.165, 1.54) is 98.5 Å². The second-order valence-corrected chi connectivity index (χ2v) is 11.4. The highest BCUT2D eigenvalue weighted by atomic mass is 14.3. The molecule has 0 aliphatic heterocycles. The zero-order chi connectivity index (χ0) is 22.7. The SMILES string of the molecule is C1=CC2C(C3=CCCC=C3)=CC=C(Cc3ccc(C4CCC(C5CCCCC5)CC4)cc3)C2=C1. The van der Waals surface area contributed by atoms with Crippen LogP contribution >= 0.6 is 0 Å². The molecule has 2 fully saturated rings. The molecule has 6 rings (SSSR count). The summed E-state index contributed by atoms with van der Waals surface area (Å²) in [5.74, 6) is 3.29. The lowest BCUT2D eigenvalue weighted by Crippen LogP contribution is -2.23. The molecule has 0 aromatic heterocycles. The van der Waals surface area contributed by atoms with Crippen molar-refractivity contribution in [3.63, 3.8) is 0 Å². The standard InChI is InChI=1S/C34H40/c1-3-8-26(9-4-1)28-18-20-29(21-19-28)27-16-14-25(15-17-27)24-31-22-23-33(30-10-5-2-6-11-30)34-13-7-12-32(31)34/h5,7,10-17,22-23,26,28-29,34H,1-4,6,8-9,18-21,24H2. The van der Waals surface area contributed by atoms with E-state index in [0.717, 1.165) is 24.2 Å². The Balaban J connectivity index is 1.10. The molecule has 5 aliphatic carbocycles. The van der Waals surface area contributed by atoms with Crippen molar-refractivity contribution in [2.24, 2.45) is 17.8 Å². The molecule has 0 radical (unpaired) electrons. The normalized spacial score (nSPS) is 29.2. The van der Waals surface area contributed by atoms with Crippen molar-refractivity contribution in [1.29, 1.82) is 0 Å². The average molecular weight is 449 g/mol. The molecule has 0 bridgehead atoms. The van der Waals surface area contributed by atoms with Crippen molar-refractivity contribution in [2.75, 3.05) is 0 Å². The summed E-state index contributed by atoms with van der Waals surface area (Å²) in [4.78, 5) is 0. The van der Waals surface area contributed by atoms with Gasteiger partial charge in [0.15, 0.2) is 0 Å². The Morgan fingerprint density at radius 2 is 1.50 bits per heavy atom. The minimum absolute atomic E-state index is 0.438. The second-order valence-electron chi connectivity index (χ2n) is 11.4. The molecule has 1 aromatic rings. The van der Waals surface area contributed by atoms with Crippen molar-refractivity contribution in [3.8, 4) is 0 Å². The summed E-state index contributed by atoms with van der Waals surface area (Å²) in [6.45, 7) is 0. The average Bonchev–Trinajstić information content (AvgIpc) is 3.41. The highest BCUT2D eigenvalue weighted by Crippen LogP contribution is 2.44. The lowest BCUT2D eigenvalue weighted by Gasteiger charge is -2.36. The summed E-state index contributed by atoms with van der Waals surface area (Å²) >= 11 is 0. The van der Waals surface area contributed by atoms with E-state index in [4.69, 9.17) is 0 Å². The molecular formula is C34H40. The van der Waals surface area contributed by atoms with Crippen LogP contribution in [0, 0.1) is 17.8 Å². The summed E-state index contributed by atoms with van der Waals surface area (Å²) in [5.41, 5.74) is 8.92. The first-order valence-electron chi connectivity index (χ1n) is 14.1. The van der Waals surface area contributed by atoms with Gasteiger partial charge in [-0.2, -0.15) is 0 Å². The van der Waals surface area contributed by atoms with Crippen LogP contribution in [0.4, 0.5) is 0 Å². The minimum Gasteiger partial charge on any atom is -0.0836 e. The molecule has 0 heteroatoms. The third kappa shape index (κ3) is 4.61. The summed E-state index contributed by atoms with van der Waals surface area (Å²) < 4.78 is 0. The first-order chi connectivity index (χ1) is 16.8. The third-order valence-electron chi connectivity index (χ3n) is 9.35. The van der Waals surface area contributed by atoms with E-state index < -0.39 is 0 Å². The van der Waals surface area contributed by atoms with Gasteiger partial charge in [0, 0.05) is 5.92 Å². The smallest absolute Gasteiger partial charge is 0.0281 e. The topological polar surface area (TPSA) is 0 Å². The number of rotatable bonds is 5. The van der Waals surface area contributed by atoms with E-state index in [1.807, 2.05) is 0 Å².